The van der Waals surface area contributed by atoms with Gasteiger partial charge in [-0.25, -0.2) is 15.0 Å². The average molecular weight is 309 g/mol. The maximum atomic E-state index is 12.5. The summed E-state index contributed by atoms with van der Waals surface area (Å²) in [5.74, 6) is 0.126. The molecule has 3 heterocycles. The molecule has 0 atom stereocenters. The smallest absolute Gasteiger partial charge is 0.277 e. The topological polar surface area (TPSA) is 97.6 Å². The van der Waals surface area contributed by atoms with Crippen molar-refractivity contribution in [2.45, 2.75) is 6.92 Å². The number of anilines is 3. The molecule has 23 heavy (non-hydrogen) atoms. The molecule has 8 nitrogen and oxygen atoms in total. The largest absolute Gasteiger partial charge is 0.351 e. The highest BCUT2D eigenvalue weighted by molar-refractivity contribution is 6.06. The van der Waals surface area contributed by atoms with Crippen molar-refractivity contribution in [2.75, 3.05) is 10.6 Å². The Morgan fingerprint density at radius 1 is 1.17 bits per heavy atom. The Balaban J connectivity index is 1.88. The van der Waals surface area contributed by atoms with Crippen LogP contribution in [0.15, 0.2) is 43.1 Å². The number of carbonyl (C=O) groups excluding carboxylic acids is 1. The number of nitrogens with one attached hydrogen (secondary N) is 2. The fourth-order valence-electron chi connectivity index (χ4n) is 2.01. The van der Waals surface area contributed by atoms with Crippen molar-refractivity contribution in [3.05, 3.63) is 54.5 Å². The van der Waals surface area contributed by atoms with Crippen LogP contribution in [0.3, 0.4) is 0 Å². The van der Waals surface area contributed by atoms with Crippen LogP contribution in [0.1, 0.15) is 16.2 Å². The predicted molar refractivity (Wildman–Crippen MR) is 85.4 cm³/mol. The average Bonchev–Trinajstić information content (AvgIpc) is 2.95. The Morgan fingerprint density at radius 3 is 2.65 bits per heavy atom. The molecule has 0 aliphatic heterocycles. The zero-order valence-corrected chi connectivity index (χ0v) is 12.7. The Hall–Kier alpha value is -3.29. The molecule has 0 saturated heterocycles. The number of pyridine rings is 1. The third-order valence-corrected chi connectivity index (χ3v) is 3.04. The van der Waals surface area contributed by atoms with Crippen LogP contribution in [0.25, 0.3) is 0 Å². The van der Waals surface area contributed by atoms with E-state index in [0.29, 0.717) is 17.2 Å². The van der Waals surface area contributed by atoms with Crippen LogP contribution >= 0.6 is 0 Å². The minimum absolute atomic E-state index is 0.277. The molecule has 0 aromatic carbocycles. The van der Waals surface area contributed by atoms with Crippen LogP contribution in [0.5, 0.6) is 0 Å². The quantitative estimate of drug-likeness (QED) is 0.764. The van der Waals surface area contributed by atoms with Gasteiger partial charge in [-0.3, -0.25) is 9.48 Å². The van der Waals surface area contributed by atoms with Crippen LogP contribution < -0.4 is 10.6 Å². The molecule has 0 aliphatic rings. The van der Waals surface area contributed by atoms with Gasteiger partial charge in [-0.05, 0) is 19.1 Å². The van der Waals surface area contributed by atoms with Crippen molar-refractivity contribution < 1.29 is 4.79 Å². The van der Waals surface area contributed by atoms with Crippen LogP contribution in [-0.4, -0.2) is 30.6 Å². The summed E-state index contributed by atoms with van der Waals surface area (Å²) in [7, 11) is 1.78. The van der Waals surface area contributed by atoms with Gasteiger partial charge in [0.2, 0.25) is 0 Å². The molecule has 2 N–H and O–H groups in total. The van der Waals surface area contributed by atoms with E-state index in [1.807, 2.05) is 13.0 Å². The van der Waals surface area contributed by atoms with Gasteiger partial charge in [0.25, 0.3) is 5.91 Å². The van der Waals surface area contributed by atoms with Crippen molar-refractivity contribution in [1.29, 1.82) is 0 Å². The summed E-state index contributed by atoms with van der Waals surface area (Å²) in [6, 6.07) is 5.33. The van der Waals surface area contributed by atoms with Crippen molar-refractivity contribution in [1.82, 2.24) is 24.7 Å². The lowest BCUT2D eigenvalue weighted by molar-refractivity contribution is 0.102. The molecule has 1 amide bonds. The van der Waals surface area contributed by atoms with Gasteiger partial charge in [-0.1, -0.05) is 0 Å². The number of aryl methyl sites for hydroxylation is 2. The molecule has 3 aromatic rings. The van der Waals surface area contributed by atoms with Gasteiger partial charge < -0.3 is 10.6 Å². The second-order valence-corrected chi connectivity index (χ2v) is 4.93. The van der Waals surface area contributed by atoms with Crippen molar-refractivity contribution in [3.63, 3.8) is 0 Å². The highest BCUT2D eigenvalue weighted by Gasteiger charge is 2.15. The molecule has 0 spiro atoms. The number of aromatic nitrogens is 5. The third kappa shape index (κ3) is 3.49. The van der Waals surface area contributed by atoms with E-state index in [1.165, 1.54) is 6.33 Å². The molecule has 0 fully saturated rings. The van der Waals surface area contributed by atoms with Gasteiger partial charge >= 0.3 is 0 Å². The SMILES string of the molecule is Cc1ccc(Nc2cncnc2)c(C(=O)Nc2ccn(C)n2)n1. The monoisotopic (exact) mass is 309 g/mol. The minimum atomic E-state index is -0.341. The van der Waals surface area contributed by atoms with E-state index >= 15 is 0 Å². The Morgan fingerprint density at radius 2 is 1.96 bits per heavy atom. The lowest BCUT2D eigenvalue weighted by atomic mass is 10.2. The van der Waals surface area contributed by atoms with Crippen LogP contribution in [-0.2, 0) is 7.05 Å². The van der Waals surface area contributed by atoms with Gasteiger partial charge in [-0.2, -0.15) is 5.10 Å². The van der Waals surface area contributed by atoms with E-state index in [4.69, 9.17) is 0 Å². The number of amides is 1. The Bertz CT molecular complexity index is 829. The normalized spacial score (nSPS) is 10.3. The summed E-state index contributed by atoms with van der Waals surface area (Å²) in [5, 5.41) is 9.95. The zero-order valence-electron chi connectivity index (χ0n) is 12.7. The summed E-state index contributed by atoms with van der Waals surface area (Å²) in [6.07, 6.45) is 6.42. The molecular formula is C15H15N7O. The predicted octanol–water partition coefficient (Wildman–Crippen LogP) is 1.91. The number of hydrogen-bond donors (Lipinski definition) is 2. The minimum Gasteiger partial charge on any atom is -0.351 e. The lowest BCUT2D eigenvalue weighted by Crippen LogP contribution is -2.17. The second kappa shape index (κ2) is 6.22. The zero-order chi connectivity index (χ0) is 16.2. The molecule has 0 saturated carbocycles. The number of nitrogens with zero attached hydrogens (tertiary/aromatic N) is 5. The van der Waals surface area contributed by atoms with Crippen LogP contribution in [0.2, 0.25) is 0 Å². The summed E-state index contributed by atoms with van der Waals surface area (Å²) in [6.45, 7) is 1.83. The van der Waals surface area contributed by atoms with E-state index < -0.39 is 0 Å². The Labute approximate surface area is 132 Å². The van der Waals surface area contributed by atoms with Gasteiger partial charge in [-0.15, -0.1) is 0 Å². The summed E-state index contributed by atoms with van der Waals surface area (Å²) >= 11 is 0. The van der Waals surface area contributed by atoms with Gasteiger partial charge in [0, 0.05) is 25.0 Å². The molecule has 116 valence electrons. The molecule has 8 heteroatoms. The highest BCUT2D eigenvalue weighted by Crippen LogP contribution is 2.20. The maximum Gasteiger partial charge on any atom is 0.277 e. The summed E-state index contributed by atoms with van der Waals surface area (Å²) in [5.41, 5.74) is 2.26. The molecular weight excluding hydrogens is 294 g/mol. The van der Waals surface area contributed by atoms with Gasteiger partial charge in [0.1, 0.15) is 6.33 Å². The van der Waals surface area contributed by atoms with E-state index in [-0.39, 0.29) is 11.6 Å². The summed E-state index contributed by atoms with van der Waals surface area (Å²) in [4.78, 5) is 24.7. The molecule has 0 aliphatic carbocycles. The van der Waals surface area contributed by atoms with Crippen LogP contribution in [0, 0.1) is 6.92 Å². The fourth-order valence-corrected chi connectivity index (χ4v) is 2.01. The molecule has 0 bridgehead atoms. The first kappa shape index (κ1) is 14.6. The number of rotatable bonds is 4. The third-order valence-electron chi connectivity index (χ3n) is 3.04. The van der Waals surface area contributed by atoms with Crippen molar-refractivity contribution in [2.24, 2.45) is 7.05 Å². The number of hydrogen-bond acceptors (Lipinski definition) is 6. The highest BCUT2D eigenvalue weighted by atomic mass is 16.2. The first-order valence-electron chi connectivity index (χ1n) is 6.92. The Kier molecular flexibility index (Phi) is 3.96. The molecule has 3 aromatic heterocycles. The summed E-state index contributed by atoms with van der Waals surface area (Å²) < 4.78 is 1.61. The molecule has 3 rings (SSSR count). The van der Waals surface area contributed by atoms with E-state index in [0.717, 1.165) is 5.69 Å². The standard InChI is InChI=1S/C15H15N7O/c1-10-3-4-12(19-11-7-16-9-17-8-11)14(18-10)15(23)20-13-5-6-22(2)21-13/h3-9,19H,1-2H3,(H,20,21,23). The number of carbonyl (C=O) groups is 1. The molecule has 0 radical (unpaired) electrons. The first-order valence-corrected chi connectivity index (χ1v) is 6.92. The van der Waals surface area contributed by atoms with Gasteiger partial charge in [0.15, 0.2) is 11.5 Å². The van der Waals surface area contributed by atoms with E-state index in [9.17, 15) is 4.79 Å². The van der Waals surface area contributed by atoms with E-state index in [2.05, 4.69) is 30.7 Å². The second-order valence-electron chi connectivity index (χ2n) is 4.93. The first-order chi connectivity index (χ1) is 11.1. The van der Waals surface area contributed by atoms with Crippen molar-refractivity contribution >= 4 is 23.1 Å². The van der Waals surface area contributed by atoms with Crippen molar-refractivity contribution in [3.8, 4) is 0 Å². The van der Waals surface area contributed by atoms with Gasteiger partial charge in [0.05, 0.1) is 23.8 Å². The molecule has 0 unspecified atom stereocenters. The van der Waals surface area contributed by atoms with Crippen LogP contribution in [0.4, 0.5) is 17.2 Å². The fraction of sp³-hybridized carbons (Fsp3) is 0.133. The van der Waals surface area contributed by atoms with E-state index in [1.54, 1.807) is 42.5 Å². The maximum absolute atomic E-state index is 12.5. The lowest BCUT2D eigenvalue weighted by Gasteiger charge is -2.11.